The summed E-state index contributed by atoms with van der Waals surface area (Å²) in [6.45, 7) is 3.73. The van der Waals surface area contributed by atoms with Crippen molar-refractivity contribution in [2.24, 2.45) is 0 Å². The molecule has 1 N–H and O–H groups in total. The van der Waals surface area contributed by atoms with E-state index >= 15 is 0 Å². The summed E-state index contributed by atoms with van der Waals surface area (Å²) in [6, 6.07) is 0.237. The number of amides is 1. The Labute approximate surface area is 138 Å². The molecule has 1 fully saturated rings. The Morgan fingerprint density at radius 2 is 2.00 bits per heavy atom. The Morgan fingerprint density at radius 3 is 2.58 bits per heavy atom. The first kappa shape index (κ1) is 16.2. The fourth-order valence-corrected chi connectivity index (χ4v) is 3.00. The molecule has 0 aromatic carbocycles. The van der Waals surface area contributed by atoms with E-state index in [0.717, 1.165) is 18.7 Å². The van der Waals surface area contributed by atoms with E-state index in [0.29, 0.717) is 25.2 Å². The smallest absolute Gasteiger partial charge is 0.343 e. The zero-order valence-electron chi connectivity index (χ0n) is 13.7. The van der Waals surface area contributed by atoms with Gasteiger partial charge in [-0.05, 0) is 19.8 Å². The molecular weight excluding hydrogens is 312 g/mol. The quantitative estimate of drug-likeness (QED) is 0.869. The summed E-state index contributed by atoms with van der Waals surface area (Å²) in [5.41, 5.74) is 0.265. The van der Waals surface area contributed by atoms with Gasteiger partial charge in [0.15, 0.2) is 0 Å². The Hall–Kier alpha value is -2.71. The minimum Gasteiger partial charge on any atom is -0.467 e. The Morgan fingerprint density at radius 1 is 1.33 bits per heavy atom. The summed E-state index contributed by atoms with van der Waals surface area (Å²) in [5.74, 6) is 0.869. The first-order valence-electron chi connectivity index (χ1n) is 7.94. The van der Waals surface area contributed by atoms with Crippen LogP contribution in [0.4, 0.5) is 0 Å². The molecule has 1 amide bonds. The van der Waals surface area contributed by atoms with Crippen molar-refractivity contribution < 1.29 is 9.53 Å². The number of methoxy groups -OCH3 is 1. The molecule has 0 atom stereocenters. The van der Waals surface area contributed by atoms with Crippen molar-refractivity contribution in [2.45, 2.75) is 32.2 Å². The van der Waals surface area contributed by atoms with Crippen LogP contribution < -0.4 is 10.4 Å². The van der Waals surface area contributed by atoms with Gasteiger partial charge < -0.3 is 9.64 Å². The molecule has 9 heteroatoms. The molecule has 24 heavy (non-hydrogen) atoms. The van der Waals surface area contributed by atoms with E-state index in [4.69, 9.17) is 4.74 Å². The molecule has 2 aromatic heterocycles. The highest BCUT2D eigenvalue weighted by Gasteiger charge is 2.28. The van der Waals surface area contributed by atoms with Gasteiger partial charge in [0.05, 0.1) is 12.7 Å². The van der Waals surface area contributed by atoms with E-state index in [1.54, 1.807) is 9.47 Å². The highest BCUT2D eigenvalue weighted by Crippen LogP contribution is 2.26. The average molecular weight is 332 g/mol. The number of likely N-dealkylation sites (tertiary alicyclic amines) is 1. The van der Waals surface area contributed by atoms with Crippen molar-refractivity contribution in [1.29, 1.82) is 0 Å². The first-order chi connectivity index (χ1) is 11.6. The molecule has 0 aliphatic carbocycles. The lowest BCUT2D eigenvalue weighted by atomic mass is 9.95. The van der Waals surface area contributed by atoms with Crippen LogP contribution in [0.15, 0.2) is 17.2 Å². The minimum absolute atomic E-state index is 0.0917. The van der Waals surface area contributed by atoms with Crippen molar-refractivity contribution in [3.8, 4) is 6.01 Å². The lowest BCUT2D eigenvalue weighted by Crippen LogP contribution is -2.38. The van der Waals surface area contributed by atoms with Crippen molar-refractivity contribution in [3.05, 3.63) is 34.3 Å². The maximum absolute atomic E-state index is 12.5. The van der Waals surface area contributed by atoms with Gasteiger partial charge in [-0.25, -0.2) is 19.9 Å². The predicted octanol–water partition coefficient (Wildman–Crippen LogP) is 0.410. The molecule has 2 aromatic rings. The SMILES string of the molecule is CCn1c(C2CCN(C(=O)c3cnc(OC)nc3)CC2)n[nH]c1=O. The highest BCUT2D eigenvalue weighted by molar-refractivity contribution is 5.93. The molecule has 1 aliphatic heterocycles. The van der Waals surface area contributed by atoms with Crippen LogP contribution in [0.2, 0.25) is 0 Å². The van der Waals surface area contributed by atoms with Gasteiger partial charge in [0, 0.05) is 37.9 Å². The molecule has 3 rings (SSSR count). The molecule has 0 unspecified atom stereocenters. The van der Waals surface area contributed by atoms with Crippen LogP contribution in [0.5, 0.6) is 6.01 Å². The summed E-state index contributed by atoms with van der Waals surface area (Å²) in [6.07, 6.45) is 4.49. The average Bonchev–Trinajstić information content (AvgIpc) is 3.02. The molecule has 128 valence electrons. The number of piperidine rings is 1. The lowest BCUT2D eigenvalue weighted by Gasteiger charge is -2.31. The third-order valence-electron chi connectivity index (χ3n) is 4.31. The minimum atomic E-state index is -0.179. The van der Waals surface area contributed by atoms with Crippen LogP contribution in [-0.4, -0.2) is 55.7 Å². The van der Waals surface area contributed by atoms with Crippen molar-refractivity contribution >= 4 is 5.91 Å². The maximum Gasteiger partial charge on any atom is 0.343 e. The second kappa shape index (κ2) is 6.81. The summed E-state index contributed by atoms with van der Waals surface area (Å²) in [7, 11) is 1.48. The highest BCUT2D eigenvalue weighted by atomic mass is 16.5. The van der Waals surface area contributed by atoms with E-state index in [1.165, 1.54) is 19.5 Å². The number of nitrogens with zero attached hydrogens (tertiary/aromatic N) is 5. The summed E-state index contributed by atoms with van der Waals surface area (Å²) < 4.78 is 6.55. The van der Waals surface area contributed by atoms with Crippen LogP contribution in [0.1, 0.15) is 41.9 Å². The molecule has 1 aliphatic rings. The van der Waals surface area contributed by atoms with E-state index < -0.39 is 0 Å². The Balaban J connectivity index is 1.65. The molecule has 0 bridgehead atoms. The van der Waals surface area contributed by atoms with Gasteiger partial charge in [0.2, 0.25) is 0 Å². The largest absolute Gasteiger partial charge is 0.467 e. The zero-order valence-corrected chi connectivity index (χ0v) is 13.7. The number of aromatic nitrogens is 5. The van der Waals surface area contributed by atoms with Crippen LogP contribution >= 0.6 is 0 Å². The summed E-state index contributed by atoms with van der Waals surface area (Å²) >= 11 is 0. The fourth-order valence-electron chi connectivity index (χ4n) is 3.00. The lowest BCUT2D eigenvalue weighted by molar-refractivity contribution is 0.0709. The Kier molecular flexibility index (Phi) is 4.59. The Bertz CT molecular complexity index is 758. The van der Waals surface area contributed by atoms with Gasteiger partial charge in [0.1, 0.15) is 5.82 Å². The number of hydrogen-bond donors (Lipinski definition) is 1. The van der Waals surface area contributed by atoms with E-state index in [1.807, 2.05) is 6.92 Å². The topological polar surface area (TPSA) is 106 Å². The van der Waals surface area contributed by atoms with Crippen LogP contribution in [0, 0.1) is 0 Å². The molecule has 1 saturated heterocycles. The zero-order chi connectivity index (χ0) is 17.1. The van der Waals surface area contributed by atoms with Gasteiger partial charge >= 0.3 is 11.7 Å². The van der Waals surface area contributed by atoms with E-state index in [2.05, 4.69) is 20.2 Å². The number of hydrogen-bond acceptors (Lipinski definition) is 6. The fraction of sp³-hybridized carbons (Fsp3) is 0.533. The van der Waals surface area contributed by atoms with Crippen LogP contribution in [-0.2, 0) is 6.54 Å². The maximum atomic E-state index is 12.5. The second-order valence-corrected chi connectivity index (χ2v) is 5.66. The number of rotatable bonds is 4. The van der Waals surface area contributed by atoms with Crippen LogP contribution in [0.3, 0.4) is 0 Å². The van der Waals surface area contributed by atoms with Crippen molar-refractivity contribution in [2.75, 3.05) is 20.2 Å². The first-order valence-corrected chi connectivity index (χ1v) is 7.94. The number of nitrogens with one attached hydrogen (secondary N) is 1. The second-order valence-electron chi connectivity index (χ2n) is 5.66. The number of aromatic amines is 1. The standard InChI is InChI=1S/C15H20N6O3/c1-3-21-12(18-19-15(21)23)10-4-6-20(7-5-10)13(22)11-8-16-14(24-2)17-9-11/h8-10H,3-7H2,1-2H3,(H,19,23). The van der Waals surface area contributed by atoms with Gasteiger partial charge in [0.25, 0.3) is 5.91 Å². The molecule has 0 spiro atoms. The summed E-state index contributed by atoms with van der Waals surface area (Å²) in [5, 5.41) is 6.65. The predicted molar refractivity (Wildman–Crippen MR) is 85.0 cm³/mol. The number of carbonyl (C=O) groups excluding carboxylic acids is 1. The molecular formula is C15H20N6O3. The van der Waals surface area contributed by atoms with E-state index in [-0.39, 0.29) is 23.5 Å². The molecule has 3 heterocycles. The molecule has 0 saturated carbocycles. The molecule has 9 nitrogen and oxygen atoms in total. The number of carbonyl (C=O) groups is 1. The third kappa shape index (κ3) is 3.01. The van der Waals surface area contributed by atoms with Crippen molar-refractivity contribution in [1.82, 2.24) is 29.6 Å². The third-order valence-corrected chi connectivity index (χ3v) is 4.31. The van der Waals surface area contributed by atoms with Crippen LogP contribution in [0.25, 0.3) is 0 Å². The number of ether oxygens (including phenoxy) is 1. The normalized spacial score (nSPS) is 15.5. The van der Waals surface area contributed by atoms with Gasteiger partial charge in [-0.2, -0.15) is 5.10 Å². The monoisotopic (exact) mass is 332 g/mol. The van der Waals surface area contributed by atoms with Crippen molar-refractivity contribution in [3.63, 3.8) is 0 Å². The van der Waals surface area contributed by atoms with E-state index in [9.17, 15) is 9.59 Å². The van der Waals surface area contributed by atoms with Gasteiger partial charge in [-0.3, -0.25) is 9.36 Å². The number of H-pyrrole nitrogens is 1. The van der Waals surface area contributed by atoms with Gasteiger partial charge in [-0.1, -0.05) is 0 Å². The summed E-state index contributed by atoms with van der Waals surface area (Å²) in [4.78, 5) is 33.9. The van der Waals surface area contributed by atoms with Gasteiger partial charge in [-0.15, -0.1) is 0 Å². The molecule has 0 radical (unpaired) electrons.